The highest BCUT2D eigenvalue weighted by molar-refractivity contribution is 5.80. The molecule has 0 saturated carbocycles. The Kier molecular flexibility index (Phi) is 7.01. The van der Waals surface area contributed by atoms with Gasteiger partial charge < -0.3 is 20.0 Å². The van der Waals surface area contributed by atoms with Crippen molar-refractivity contribution in [1.29, 1.82) is 0 Å². The van der Waals surface area contributed by atoms with E-state index in [-0.39, 0.29) is 5.41 Å². The molecule has 8 heteroatoms. The molecule has 0 aliphatic carbocycles. The fourth-order valence-corrected chi connectivity index (χ4v) is 4.06. The topological polar surface area (TPSA) is 94.4 Å². The van der Waals surface area contributed by atoms with Crippen molar-refractivity contribution in [3.8, 4) is 11.6 Å². The van der Waals surface area contributed by atoms with Gasteiger partial charge >= 0.3 is 0 Å². The molecule has 0 bridgehead atoms. The normalized spacial score (nSPS) is 15.6. The molecule has 1 fully saturated rings. The number of aliphatic imine (C=N–C) groups is 1. The maximum Gasteiger partial charge on any atom is 0.216 e. The summed E-state index contributed by atoms with van der Waals surface area (Å²) in [7, 11) is 1.81. The molecule has 3 aromatic rings. The predicted molar refractivity (Wildman–Crippen MR) is 133 cm³/mol. The second kappa shape index (κ2) is 10.1. The van der Waals surface area contributed by atoms with Crippen LogP contribution >= 0.6 is 0 Å². The molecule has 1 saturated heterocycles. The van der Waals surface area contributed by atoms with Crippen LogP contribution in [0.3, 0.4) is 0 Å². The van der Waals surface area contributed by atoms with E-state index in [0.29, 0.717) is 24.2 Å². The number of benzene rings is 1. The van der Waals surface area contributed by atoms with Gasteiger partial charge in [-0.15, -0.1) is 0 Å². The molecule has 1 aliphatic heterocycles. The van der Waals surface area contributed by atoms with E-state index in [4.69, 9.17) is 4.42 Å². The van der Waals surface area contributed by atoms with Gasteiger partial charge in [-0.3, -0.25) is 10.1 Å². The second-order valence-electron chi connectivity index (χ2n) is 9.53. The monoisotopic (exact) mass is 449 g/mol. The molecule has 8 nitrogen and oxygen atoms in total. The van der Waals surface area contributed by atoms with Crippen LogP contribution in [0.15, 0.2) is 52.1 Å². The zero-order chi connectivity index (χ0) is 23.3. The molecule has 0 atom stereocenters. The van der Waals surface area contributed by atoms with Gasteiger partial charge in [-0.05, 0) is 48.1 Å². The van der Waals surface area contributed by atoms with E-state index in [1.807, 2.05) is 19.2 Å². The SMILES string of the molecule is CN=C(NCCc1nc(-c2ccco2)n[nH]1)NC1CCN(c2ccc(C(C)(C)C)cc2)CC1. The number of rotatable bonds is 6. The van der Waals surface area contributed by atoms with Gasteiger partial charge in [0, 0.05) is 44.8 Å². The van der Waals surface area contributed by atoms with Gasteiger partial charge in [-0.25, -0.2) is 4.98 Å². The van der Waals surface area contributed by atoms with Crippen molar-refractivity contribution in [2.45, 2.75) is 51.5 Å². The van der Waals surface area contributed by atoms with Gasteiger partial charge in [-0.1, -0.05) is 32.9 Å². The minimum atomic E-state index is 0.188. The molecule has 0 amide bonds. The standard InChI is InChI=1S/C25H35N7O/c1-25(2,3)18-7-9-20(10-8-18)32-15-12-19(13-16-32)28-24(26-4)27-14-11-22-29-23(31-30-22)21-6-5-17-33-21/h5-10,17,19H,11-16H2,1-4H3,(H2,26,27,28)(H,29,30,31). The van der Waals surface area contributed by atoms with E-state index in [2.05, 4.69) is 80.7 Å². The number of H-pyrrole nitrogens is 1. The first kappa shape index (κ1) is 22.9. The van der Waals surface area contributed by atoms with E-state index in [9.17, 15) is 0 Å². The van der Waals surface area contributed by atoms with Crippen LogP contribution < -0.4 is 15.5 Å². The molecule has 0 spiro atoms. The number of guanidine groups is 1. The molecular weight excluding hydrogens is 414 g/mol. The van der Waals surface area contributed by atoms with Crippen LogP contribution in [-0.2, 0) is 11.8 Å². The molecule has 3 heterocycles. The molecule has 1 aliphatic rings. The molecule has 1 aromatic carbocycles. The van der Waals surface area contributed by atoms with Gasteiger partial charge in [0.05, 0.1) is 6.26 Å². The van der Waals surface area contributed by atoms with Crippen LogP contribution in [0, 0.1) is 0 Å². The summed E-state index contributed by atoms with van der Waals surface area (Å²) in [6.07, 6.45) is 4.50. The Labute approximate surface area is 195 Å². The number of hydrogen-bond donors (Lipinski definition) is 3. The van der Waals surface area contributed by atoms with Crippen molar-refractivity contribution in [2.75, 3.05) is 31.6 Å². The smallest absolute Gasteiger partial charge is 0.216 e. The third-order valence-electron chi connectivity index (χ3n) is 6.09. The van der Waals surface area contributed by atoms with Crippen molar-refractivity contribution in [3.63, 3.8) is 0 Å². The molecule has 4 rings (SSSR count). The van der Waals surface area contributed by atoms with Gasteiger partial charge in [0.15, 0.2) is 11.7 Å². The Morgan fingerprint density at radius 3 is 2.58 bits per heavy atom. The lowest BCUT2D eigenvalue weighted by atomic mass is 9.87. The van der Waals surface area contributed by atoms with E-state index < -0.39 is 0 Å². The molecule has 2 aromatic heterocycles. The molecule has 176 valence electrons. The Morgan fingerprint density at radius 2 is 1.94 bits per heavy atom. The highest BCUT2D eigenvalue weighted by Crippen LogP contribution is 2.26. The highest BCUT2D eigenvalue weighted by Gasteiger charge is 2.21. The highest BCUT2D eigenvalue weighted by atomic mass is 16.3. The fraction of sp³-hybridized carbons (Fsp3) is 0.480. The first-order chi connectivity index (χ1) is 15.9. The van der Waals surface area contributed by atoms with Gasteiger partial charge in [-0.2, -0.15) is 5.10 Å². The maximum absolute atomic E-state index is 5.34. The minimum absolute atomic E-state index is 0.188. The Balaban J connectivity index is 1.21. The summed E-state index contributed by atoms with van der Waals surface area (Å²) in [6, 6.07) is 13.1. The number of nitrogens with zero attached hydrogens (tertiary/aromatic N) is 4. The number of aromatic amines is 1. The summed E-state index contributed by atoms with van der Waals surface area (Å²) in [4.78, 5) is 11.3. The number of aromatic nitrogens is 3. The average molecular weight is 450 g/mol. The average Bonchev–Trinajstić information content (AvgIpc) is 3.51. The van der Waals surface area contributed by atoms with Crippen molar-refractivity contribution < 1.29 is 4.42 Å². The van der Waals surface area contributed by atoms with Crippen molar-refractivity contribution in [1.82, 2.24) is 25.8 Å². The number of furan rings is 1. The van der Waals surface area contributed by atoms with E-state index >= 15 is 0 Å². The fourth-order valence-electron chi connectivity index (χ4n) is 4.06. The van der Waals surface area contributed by atoms with Crippen molar-refractivity contribution >= 4 is 11.6 Å². The maximum atomic E-state index is 5.34. The quantitative estimate of drug-likeness (QED) is 0.392. The van der Waals surface area contributed by atoms with Crippen molar-refractivity contribution in [2.24, 2.45) is 4.99 Å². The van der Waals surface area contributed by atoms with Crippen LogP contribution in [0.4, 0.5) is 5.69 Å². The third kappa shape index (κ3) is 5.94. The summed E-state index contributed by atoms with van der Waals surface area (Å²) < 4.78 is 5.34. The zero-order valence-electron chi connectivity index (χ0n) is 20.1. The van der Waals surface area contributed by atoms with E-state index in [0.717, 1.165) is 44.1 Å². The Morgan fingerprint density at radius 1 is 1.18 bits per heavy atom. The Hall–Kier alpha value is -3.29. The van der Waals surface area contributed by atoms with Gasteiger partial charge in [0.25, 0.3) is 0 Å². The van der Waals surface area contributed by atoms with Crippen LogP contribution in [0.5, 0.6) is 0 Å². The molecule has 0 unspecified atom stereocenters. The largest absolute Gasteiger partial charge is 0.461 e. The third-order valence-corrected chi connectivity index (χ3v) is 6.09. The number of nitrogens with one attached hydrogen (secondary N) is 3. The lowest BCUT2D eigenvalue weighted by Gasteiger charge is -2.35. The summed E-state index contributed by atoms with van der Waals surface area (Å²) >= 11 is 0. The number of anilines is 1. The summed E-state index contributed by atoms with van der Waals surface area (Å²) in [5.41, 5.74) is 2.87. The van der Waals surface area contributed by atoms with Crippen LogP contribution in [0.1, 0.15) is 45.0 Å². The zero-order valence-corrected chi connectivity index (χ0v) is 20.1. The Bertz CT molecular complexity index is 1020. The lowest BCUT2D eigenvalue weighted by molar-refractivity contribution is 0.461. The molecule has 33 heavy (non-hydrogen) atoms. The van der Waals surface area contributed by atoms with Gasteiger partial charge in [0.2, 0.25) is 5.82 Å². The van der Waals surface area contributed by atoms with Crippen molar-refractivity contribution in [3.05, 3.63) is 54.0 Å². The van der Waals surface area contributed by atoms with Gasteiger partial charge in [0.1, 0.15) is 5.82 Å². The first-order valence-electron chi connectivity index (χ1n) is 11.7. The first-order valence-corrected chi connectivity index (χ1v) is 11.7. The number of piperidine rings is 1. The minimum Gasteiger partial charge on any atom is -0.461 e. The summed E-state index contributed by atoms with van der Waals surface area (Å²) in [5, 5.41) is 14.1. The lowest BCUT2D eigenvalue weighted by Crippen LogP contribution is -2.49. The van der Waals surface area contributed by atoms with E-state index in [1.54, 1.807) is 6.26 Å². The molecule has 0 radical (unpaired) electrons. The molecule has 3 N–H and O–H groups in total. The van der Waals surface area contributed by atoms with Crippen LogP contribution in [0.2, 0.25) is 0 Å². The second-order valence-corrected chi connectivity index (χ2v) is 9.53. The summed E-state index contributed by atoms with van der Waals surface area (Å²) in [6.45, 7) is 9.55. The predicted octanol–water partition coefficient (Wildman–Crippen LogP) is 3.74. The number of hydrogen-bond acceptors (Lipinski definition) is 5. The van der Waals surface area contributed by atoms with Crippen LogP contribution in [-0.4, -0.2) is 53.9 Å². The van der Waals surface area contributed by atoms with E-state index in [1.165, 1.54) is 11.3 Å². The summed E-state index contributed by atoms with van der Waals surface area (Å²) in [5.74, 6) is 2.89. The van der Waals surface area contributed by atoms with Crippen LogP contribution in [0.25, 0.3) is 11.6 Å². The molecular formula is C25H35N7O.